The predicted octanol–water partition coefficient (Wildman–Crippen LogP) is 7.13. The molecule has 0 aliphatic heterocycles. The molecule has 2 aromatic heterocycles. The number of carbonyl (C=O) groups excluding carboxylic acids is 1. The minimum Gasteiger partial charge on any atom is -0.496 e. The SMILES string of the molecule is COc1cccc2oc(-c3nc4ccccc4c(=O)n3N=Cc3ccc(OCC(=O)Nc4ccc(Cl)cc4)c(Br)c3)cc12. The molecule has 1 N–H and O–H groups in total. The minimum absolute atomic E-state index is 0.196. The second-order valence-electron chi connectivity index (χ2n) is 9.33. The molecule has 0 radical (unpaired) electrons. The van der Waals surface area contributed by atoms with Gasteiger partial charge in [0.05, 0.1) is 34.1 Å². The first-order valence-electron chi connectivity index (χ1n) is 13.0. The molecule has 0 saturated carbocycles. The van der Waals surface area contributed by atoms with Crippen molar-refractivity contribution in [2.24, 2.45) is 5.10 Å². The first kappa shape index (κ1) is 28.2. The first-order chi connectivity index (χ1) is 20.9. The Morgan fingerprint density at radius 3 is 2.63 bits per heavy atom. The van der Waals surface area contributed by atoms with Crippen molar-refractivity contribution in [1.29, 1.82) is 0 Å². The number of furan rings is 1. The summed E-state index contributed by atoms with van der Waals surface area (Å²) in [5, 5.41) is 9.00. The second kappa shape index (κ2) is 12.1. The fourth-order valence-electron chi connectivity index (χ4n) is 4.43. The van der Waals surface area contributed by atoms with E-state index in [1.54, 1.807) is 73.8 Å². The summed E-state index contributed by atoms with van der Waals surface area (Å²) in [4.78, 5) is 30.6. The number of aromatic nitrogens is 2. The highest BCUT2D eigenvalue weighted by Crippen LogP contribution is 2.33. The summed E-state index contributed by atoms with van der Waals surface area (Å²) >= 11 is 9.38. The summed E-state index contributed by atoms with van der Waals surface area (Å²) in [6.07, 6.45) is 1.53. The number of hydrogen-bond acceptors (Lipinski definition) is 7. The van der Waals surface area contributed by atoms with Crippen molar-refractivity contribution in [3.8, 4) is 23.1 Å². The molecule has 0 aliphatic carbocycles. The first-order valence-corrected chi connectivity index (χ1v) is 14.2. The van der Waals surface area contributed by atoms with Crippen LogP contribution < -0.4 is 20.3 Å². The molecular weight excluding hydrogens is 636 g/mol. The summed E-state index contributed by atoms with van der Waals surface area (Å²) in [5.74, 6) is 1.38. The van der Waals surface area contributed by atoms with Gasteiger partial charge in [0, 0.05) is 10.7 Å². The van der Waals surface area contributed by atoms with Gasteiger partial charge in [-0.1, -0.05) is 29.8 Å². The van der Waals surface area contributed by atoms with Crippen molar-refractivity contribution in [2.75, 3.05) is 19.0 Å². The molecule has 6 rings (SSSR count). The molecule has 4 aromatic carbocycles. The molecule has 0 unspecified atom stereocenters. The average Bonchev–Trinajstić information content (AvgIpc) is 3.46. The van der Waals surface area contributed by atoms with Crippen molar-refractivity contribution in [2.45, 2.75) is 0 Å². The molecule has 9 nitrogen and oxygen atoms in total. The third-order valence-electron chi connectivity index (χ3n) is 6.48. The van der Waals surface area contributed by atoms with Gasteiger partial charge in [0.1, 0.15) is 17.1 Å². The fraction of sp³-hybridized carbons (Fsp3) is 0.0625. The van der Waals surface area contributed by atoms with Crippen LogP contribution in [0.1, 0.15) is 5.56 Å². The van der Waals surface area contributed by atoms with Crippen molar-refractivity contribution >= 4 is 67.2 Å². The molecule has 0 bridgehead atoms. The van der Waals surface area contributed by atoms with Crippen molar-refractivity contribution in [3.63, 3.8) is 0 Å². The predicted molar refractivity (Wildman–Crippen MR) is 170 cm³/mol. The molecule has 6 aromatic rings. The Bertz CT molecular complexity index is 2070. The number of carbonyl (C=O) groups is 1. The molecule has 1 amide bonds. The quantitative estimate of drug-likeness (QED) is 0.175. The van der Waals surface area contributed by atoms with Crippen molar-refractivity contribution in [1.82, 2.24) is 9.66 Å². The Morgan fingerprint density at radius 2 is 1.84 bits per heavy atom. The van der Waals surface area contributed by atoms with Gasteiger partial charge in [0.15, 0.2) is 12.4 Å². The van der Waals surface area contributed by atoms with Crippen LogP contribution in [0.2, 0.25) is 5.02 Å². The summed E-state index contributed by atoms with van der Waals surface area (Å²) in [5.41, 5.74) is 2.04. The molecule has 214 valence electrons. The maximum absolute atomic E-state index is 13.6. The maximum Gasteiger partial charge on any atom is 0.282 e. The van der Waals surface area contributed by atoms with Gasteiger partial charge in [-0.05, 0) is 94.3 Å². The highest BCUT2D eigenvalue weighted by Gasteiger charge is 2.18. The molecular formula is C32H22BrClN4O5. The monoisotopic (exact) mass is 656 g/mol. The Morgan fingerprint density at radius 1 is 1.02 bits per heavy atom. The van der Waals surface area contributed by atoms with Crippen LogP contribution in [-0.2, 0) is 4.79 Å². The van der Waals surface area contributed by atoms with Crippen LogP contribution in [0.15, 0.2) is 110 Å². The van der Waals surface area contributed by atoms with Crippen LogP contribution in [0, 0.1) is 0 Å². The van der Waals surface area contributed by atoms with E-state index >= 15 is 0 Å². The number of nitrogens with zero attached hydrogens (tertiary/aromatic N) is 3. The zero-order valence-electron chi connectivity index (χ0n) is 22.6. The highest BCUT2D eigenvalue weighted by atomic mass is 79.9. The van der Waals surface area contributed by atoms with Gasteiger partial charge in [-0.2, -0.15) is 9.78 Å². The van der Waals surface area contributed by atoms with Crippen LogP contribution >= 0.6 is 27.5 Å². The molecule has 0 fully saturated rings. The van der Waals surface area contributed by atoms with E-state index in [4.69, 9.17) is 30.5 Å². The molecule has 0 saturated heterocycles. The lowest BCUT2D eigenvalue weighted by atomic mass is 10.2. The Kier molecular flexibility index (Phi) is 7.95. The number of fused-ring (bicyclic) bond motifs is 2. The summed E-state index contributed by atoms with van der Waals surface area (Å²) < 4.78 is 19.0. The molecule has 0 aliphatic rings. The summed E-state index contributed by atoms with van der Waals surface area (Å²) in [6.45, 7) is -0.196. The normalized spacial score (nSPS) is 11.3. The number of hydrogen-bond donors (Lipinski definition) is 1. The highest BCUT2D eigenvalue weighted by molar-refractivity contribution is 9.10. The lowest BCUT2D eigenvalue weighted by molar-refractivity contribution is -0.118. The van der Waals surface area contributed by atoms with E-state index in [-0.39, 0.29) is 23.9 Å². The number of methoxy groups -OCH3 is 1. The number of halogens is 2. The molecule has 11 heteroatoms. The largest absolute Gasteiger partial charge is 0.496 e. The second-order valence-corrected chi connectivity index (χ2v) is 10.6. The van der Waals surface area contributed by atoms with Gasteiger partial charge in [0.25, 0.3) is 11.5 Å². The van der Waals surface area contributed by atoms with E-state index in [2.05, 4.69) is 26.3 Å². The van der Waals surface area contributed by atoms with E-state index in [0.29, 0.717) is 54.5 Å². The van der Waals surface area contributed by atoms with Gasteiger partial charge in [-0.25, -0.2) is 4.98 Å². The number of nitrogens with one attached hydrogen (secondary N) is 1. The summed E-state index contributed by atoms with van der Waals surface area (Å²) in [7, 11) is 1.58. The van der Waals surface area contributed by atoms with E-state index in [1.165, 1.54) is 10.9 Å². The van der Waals surface area contributed by atoms with Crippen LogP contribution in [0.3, 0.4) is 0 Å². The number of benzene rings is 4. The minimum atomic E-state index is -0.352. The Hall–Kier alpha value is -4.93. The average molecular weight is 658 g/mol. The van der Waals surface area contributed by atoms with Crippen molar-refractivity contribution < 1.29 is 18.7 Å². The Balaban J connectivity index is 1.28. The third-order valence-corrected chi connectivity index (χ3v) is 7.35. The van der Waals surface area contributed by atoms with Gasteiger partial charge in [-0.15, -0.1) is 0 Å². The van der Waals surface area contributed by atoms with Gasteiger partial charge in [-0.3, -0.25) is 9.59 Å². The maximum atomic E-state index is 13.6. The van der Waals surface area contributed by atoms with Gasteiger partial charge < -0.3 is 19.2 Å². The van der Waals surface area contributed by atoms with Crippen molar-refractivity contribution in [3.05, 3.63) is 116 Å². The fourth-order valence-corrected chi connectivity index (χ4v) is 5.06. The van der Waals surface area contributed by atoms with Crippen LogP contribution in [0.5, 0.6) is 11.5 Å². The standard InChI is InChI=1S/C32H22BrClN4O5/c1-41-26-7-4-8-27-23(26)16-29(43-27)31-37-25-6-3-2-5-22(25)32(40)38(31)35-17-19-9-14-28(24(33)15-19)42-18-30(39)36-21-12-10-20(34)11-13-21/h2-17H,18H2,1H3,(H,36,39). The number of anilines is 1. The Labute approximate surface area is 258 Å². The molecule has 2 heterocycles. The van der Waals surface area contributed by atoms with Gasteiger partial charge >= 0.3 is 0 Å². The molecule has 0 spiro atoms. The summed E-state index contributed by atoms with van der Waals surface area (Å²) in [6, 6.07) is 26.3. The topological polar surface area (TPSA) is 108 Å². The van der Waals surface area contributed by atoms with Gasteiger partial charge in [0.2, 0.25) is 5.82 Å². The number of rotatable bonds is 8. The van der Waals surface area contributed by atoms with E-state index < -0.39 is 0 Å². The van der Waals surface area contributed by atoms with E-state index in [9.17, 15) is 9.59 Å². The number of para-hydroxylation sites is 1. The third kappa shape index (κ3) is 6.01. The zero-order chi connectivity index (χ0) is 29.9. The van der Waals surface area contributed by atoms with Crippen LogP contribution in [0.25, 0.3) is 33.5 Å². The number of amides is 1. The number of ether oxygens (including phenoxy) is 2. The lowest BCUT2D eigenvalue weighted by Crippen LogP contribution is -2.20. The smallest absolute Gasteiger partial charge is 0.282 e. The van der Waals surface area contributed by atoms with E-state index in [0.717, 1.165) is 5.39 Å². The van der Waals surface area contributed by atoms with E-state index in [1.807, 2.05) is 24.3 Å². The zero-order valence-corrected chi connectivity index (χ0v) is 24.9. The van der Waals surface area contributed by atoms with Crippen LogP contribution in [0.4, 0.5) is 5.69 Å². The lowest BCUT2D eigenvalue weighted by Gasteiger charge is -2.10. The molecule has 0 atom stereocenters. The van der Waals surface area contributed by atoms with Crippen LogP contribution in [-0.4, -0.2) is 35.5 Å². The molecule has 43 heavy (non-hydrogen) atoms.